The fourth-order valence-corrected chi connectivity index (χ4v) is 4.87. The van der Waals surface area contributed by atoms with Gasteiger partial charge in [0.25, 0.3) is 0 Å². The highest BCUT2D eigenvalue weighted by Gasteiger charge is 2.34. The SMILES string of the molecule is CN(c1ccnc(Nc2ccccc2N2C(=S)COCC2N2CCOCC2)n1)c1ccc(F)c(Cl)c1F. The molecule has 0 saturated carbocycles. The van der Waals surface area contributed by atoms with Gasteiger partial charge < -0.3 is 24.6 Å². The lowest BCUT2D eigenvalue weighted by atomic mass is 10.2. The molecule has 2 aliphatic heterocycles. The second-order valence-electron chi connectivity index (χ2n) is 8.54. The van der Waals surface area contributed by atoms with E-state index in [2.05, 4.69) is 25.1 Å². The molecule has 3 heterocycles. The van der Waals surface area contributed by atoms with Gasteiger partial charge in [-0.1, -0.05) is 36.0 Å². The molecule has 1 atom stereocenters. The van der Waals surface area contributed by atoms with Crippen LogP contribution in [0.5, 0.6) is 0 Å². The van der Waals surface area contributed by atoms with Crippen LogP contribution in [-0.2, 0) is 9.47 Å². The fraction of sp³-hybridized carbons (Fsp3) is 0.320. The van der Waals surface area contributed by atoms with Crippen LogP contribution in [0.4, 0.5) is 37.6 Å². The van der Waals surface area contributed by atoms with Gasteiger partial charge in [0.05, 0.1) is 43.5 Å². The average molecular weight is 547 g/mol. The van der Waals surface area contributed by atoms with Crippen molar-refractivity contribution in [2.75, 3.05) is 61.7 Å². The van der Waals surface area contributed by atoms with Gasteiger partial charge in [-0.2, -0.15) is 4.98 Å². The van der Waals surface area contributed by atoms with E-state index in [1.807, 2.05) is 24.3 Å². The van der Waals surface area contributed by atoms with E-state index >= 15 is 0 Å². The molecule has 0 amide bonds. The Morgan fingerprint density at radius 1 is 1.11 bits per heavy atom. The monoisotopic (exact) mass is 546 g/mol. The molecule has 0 aliphatic carbocycles. The summed E-state index contributed by atoms with van der Waals surface area (Å²) in [5, 5.41) is 2.71. The molecule has 5 rings (SSSR count). The maximum Gasteiger partial charge on any atom is 0.229 e. The summed E-state index contributed by atoms with van der Waals surface area (Å²) < 4.78 is 39.6. The maximum absolute atomic E-state index is 14.6. The number of rotatable bonds is 6. The number of para-hydroxylation sites is 2. The van der Waals surface area contributed by atoms with Gasteiger partial charge in [0, 0.05) is 26.3 Å². The highest BCUT2D eigenvalue weighted by atomic mass is 35.5. The summed E-state index contributed by atoms with van der Waals surface area (Å²) in [6.07, 6.45) is 1.49. The maximum atomic E-state index is 14.6. The summed E-state index contributed by atoms with van der Waals surface area (Å²) in [5.41, 5.74) is 1.70. The van der Waals surface area contributed by atoms with Crippen LogP contribution in [0.1, 0.15) is 0 Å². The molecule has 37 heavy (non-hydrogen) atoms. The first kappa shape index (κ1) is 25.7. The van der Waals surface area contributed by atoms with Gasteiger partial charge in [-0.05, 0) is 30.3 Å². The Labute approximate surface area is 223 Å². The van der Waals surface area contributed by atoms with Crippen molar-refractivity contribution in [2.45, 2.75) is 6.17 Å². The van der Waals surface area contributed by atoms with Crippen molar-refractivity contribution < 1.29 is 18.3 Å². The molecule has 1 unspecified atom stereocenters. The summed E-state index contributed by atoms with van der Waals surface area (Å²) >= 11 is 11.5. The van der Waals surface area contributed by atoms with Gasteiger partial charge in [-0.15, -0.1) is 0 Å². The molecular weight excluding hydrogens is 522 g/mol. The molecule has 3 aromatic rings. The van der Waals surface area contributed by atoms with E-state index in [-0.39, 0.29) is 11.9 Å². The lowest BCUT2D eigenvalue weighted by molar-refractivity contribution is -0.00922. The summed E-state index contributed by atoms with van der Waals surface area (Å²) in [4.78, 5) is 15.5. The van der Waals surface area contributed by atoms with Crippen molar-refractivity contribution >= 4 is 57.6 Å². The number of hydrogen-bond acceptors (Lipinski definition) is 8. The standard InChI is InChI=1S/C25H25ClF2N6O2S/c1-32(19-7-6-16(27)23(26)24(19)28)20-8-9-29-25(31-20)30-17-4-2-3-5-18(17)34-21(14-36-15-22(34)37)33-10-12-35-13-11-33/h2-9,21H,10-15H2,1H3,(H,29,30,31). The first-order valence-electron chi connectivity index (χ1n) is 11.7. The molecule has 0 bridgehead atoms. The van der Waals surface area contributed by atoms with E-state index < -0.39 is 16.7 Å². The molecule has 194 valence electrons. The molecule has 2 fully saturated rings. The number of benzene rings is 2. The Kier molecular flexibility index (Phi) is 7.77. The molecule has 2 saturated heterocycles. The highest BCUT2D eigenvalue weighted by Crippen LogP contribution is 2.34. The molecule has 1 N–H and O–H groups in total. The number of nitrogens with zero attached hydrogens (tertiary/aromatic N) is 5. The van der Waals surface area contributed by atoms with Crippen LogP contribution in [0.15, 0.2) is 48.7 Å². The Morgan fingerprint density at radius 2 is 1.89 bits per heavy atom. The number of morpholine rings is 2. The second kappa shape index (κ2) is 11.2. The van der Waals surface area contributed by atoms with Crippen molar-refractivity contribution in [3.05, 3.63) is 65.3 Å². The van der Waals surface area contributed by atoms with Crippen molar-refractivity contribution in [3.8, 4) is 0 Å². The Hall–Kier alpha value is -2.96. The number of hydrogen-bond donors (Lipinski definition) is 1. The molecule has 8 nitrogen and oxygen atoms in total. The van der Waals surface area contributed by atoms with Crippen molar-refractivity contribution in [2.24, 2.45) is 0 Å². The third-order valence-electron chi connectivity index (χ3n) is 6.30. The van der Waals surface area contributed by atoms with Gasteiger partial charge in [0.2, 0.25) is 5.95 Å². The van der Waals surface area contributed by atoms with Crippen molar-refractivity contribution in [3.63, 3.8) is 0 Å². The van der Waals surface area contributed by atoms with Crippen LogP contribution >= 0.6 is 23.8 Å². The van der Waals surface area contributed by atoms with E-state index in [0.717, 1.165) is 30.5 Å². The largest absolute Gasteiger partial charge is 0.379 e. The molecule has 0 radical (unpaired) electrons. The van der Waals surface area contributed by atoms with Gasteiger partial charge in [0.15, 0.2) is 5.82 Å². The van der Waals surface area contributed by atoms with Crippen molar-refractivity contribution in [1.82, 2.24) is 14.9 Å². The quantitative estimate of drug-likeness (QED) is 0.349. The van der Waals surface area contributed by atoms with Crippen LogP contribution in [0.3, 0.4) is 0 Å². The fourth-order valence-electron chi connectivity index (χ4n) is 4.41. The minimum atomic E-state index is -0.863. The summed E-state index contributed by atoms with van der Waals surface area (Å²) in [5.74, 6) is -0.996. The number of halogens is 3. The highest BCUT2D eigenvalue weighted by molar-refractivity contribution is 7.80. The Morgan fingerprint density at radius 3 is 2.70 bits per heavy atom. The normalized spacial score (nSPS) is 18.6. The third-order valence-corrected chi connectivity index (χ3v) is 6.96. The zero-order valence-corrected chi connectivity index (χ0v) is 21.6. The summed E-state index contributed by atoms with van der Waals surface area (Å²) in [7, 11) is 1.62. The molecule has 1 aromatic heterocycles. The van der Waals surface area contributed by atoms with Gasteiger partial charge in [-0.3, -0.25) is 4.90 Å². The zero-order chi connectivity index (χ0) is 25.9. The van der Waals surface area contributed by atoms with E-state index in [1.165, 1.54) is 11.0 Å². The summed E-state index contributed by atoms with van der Waals surface area (Å²) in [6, 6.07) is 11.8. The average Bonchev–Trinajstić information content (AvgIpc) is 2.92. The second-order valence-corrected chi connectivity index (χ2v) is 9.39. The number of nitrogens with one attached hydrogen (secondary N) is 1. The van der Waals surface area contributed by atoms with E-state index in [0.29, 0.717) is 43.2 Å². The predicted octanol–water partition coefficient (Wildman–Crippen LogP) is 4.74. The van der Waals surface area contributed by atoms with E-state index in [4.69, 9.17) is 33.3 Å². The number of anilines is 5. The van der Waals surface area contributed by atoms with Crippen LogP contribution in [-0.4, -0.2) is 72.6 Å². The lowest BCUT2D eigenvalue weighted by Crippen LogP contribution is -2.60. The van der Waals surface area contributed by atoms with Gasteiger partial charge >= 0.3 is 0 Å². The van der Waals surface area contributed by atoms with Crippen LogP contribution in [0.25, 0.3) is 0 Å². The number of ether oxygens (including phenoxy) is 2. The van der Waals surface area contributed by atoms with Gasteiger partial charge in [0.1, 0.15) is 27.8 Å². The van der Waals surface area contributed by atoms with Crippen LogP contribution < -0.4 is 15.1 Å². The molecule has 2 aromatic carbocycles. The van der Waals surface area contributed by atoms with Crippen LogP contribution in [0, 0.1) is 11.6 Å². The molecule has 0 spiro atoms. The molecular formula is C25H25ClF2N6O2S. The Balaban J connectivity index is 1.43. The third kappa shape index (κ3) is 5.36. The minimum absolute atomic E-state index is 0.0716. The topological polar surface area (TPSA) is 66.0 Å². The van der Waals surface area contributed by atoms with Crippen molar-refractivity contribution in [1.29, 1.82) is 0 Å². The molecule has 2 aliphatic rings. The number of thiocarbonyl (C=S) groups is 1. The smallest absolute Gasteiger partial charge is 0.229 e. The van der Waals surface area contributed by atoms with E-state index in [9.17, 15) is 8.78 Å². The summed E-state index contributed by atoms with van der Waals surface area (Å²) in [6.45, 7) is 3.74. The number of aromatic nitrogens is 2. The Bertz CT molecular complexity index is 1300. The van der Waals surface area contributed by atoms with Gasteiger partial charge in [-0.25, -0.2) is 13.8 Å². The minimum Gasteiger partial charge on any atom is -0.379 e. The first-order chi connectivity index (χ1) is 17.9. The zero-order valence-electron chi connectivity index (χ0n) is 20.0. The lowest BCUT2D eigenvalue weighted by Gasteiger charge is -2.45. The first-order valence-corrected chi connectivity index (χ1v) is 12.5. The predicted molar refractivity (Wildman–Crippen MR) is 143 cm³/mol. The molecule has 12 heteroatoms. The van der Waals surface area contributed by atoms with Crippen LogP contribution in [0.2, 0.25) is 5.02 Å². The van der Waals surface area contributed by atoms with E-state index in [1.54, 1.807) is 19.3 Å².